The Balaban J connectivity index is 1.11. The van der Waals surface area contributed by atoms with Gasteiger partial charge >= 0.3 is 6.16 Å². The van der Waals surface area contributed by atoms with Gasteiger partial charge in [0.1, 0.15) is 23.4 Å². The first-order valence-electron chi connectivity index (χ1n) is 15.4. The summed E-state index contributed by atoms with van der Waals surface area (Å²) in [6.07, 6.45) is 1.54. The lowest BCUT2D eigenvalue weighted by molar-refractivity contribution is -0.384. The molecule has 12 nitrogen and oxygen atoms in total. The molecule has 0 saturated heterocycles. The number of carbonyl (C=O) groups is 1. The second-order valence-corrected chi connectivity index (χ2v) is 13.9. The van der Waals surface area contributed by atoms with Crippen LogP contribution in [0.25, 0.3) is 0 Å². The minimum absolute atomic E-state index is 0.00476. The number of hydrogen-bond acceptors (Lipinski definition) is 10. The van der Waals surface area contributed by atoms with Gasteiger partial charge in [-0.05, 0) is 89.3 Å². The molecule has 4 aliphatic carbocycles. The van der Waals surface area contributed by atoms with Crippen LogP contribution in [-0.2, 0) is 10.3 Å². The van der Waals surface area contributed by atoms with Crippen LogP contribution in [0.5, 0.6) is 11.6 Å². The zero-order valence-corrected chi connectivity index (χ0v) is 26.0. The van der Waals surface area contributed by atoms with Crippen molar-refractivity contribution in [2.45, 2.75) is 95.2 Å². The Morgan fingerprint density at radius 3 is 2.52 bits per heavy atom. The van der Waals surface area contributed by atoms with Gasteiger partial charge in [-0.2, -0.15) is 5.10 Å². The molecular formula is C32H38F2N6O6. The van der Waals surface area contributed by atoms with E-state index in [2.05, 4.69) is 10.3 Å². The molecule has 4 fully saturated rings. The van der Waals surface area contributed by atoms with Gasteiger partial charge in [0.25, 0.3) is 12.1 Å². The van der Waals surface area contributed by atoms with E-state index in [0.29, 0.717) is 37.4 Å². The van der Waals surface area contributed by atoms with Crippen molar-refractivity contribution in [1.29, 1.82) is 0 Å². The number of hydrogen-bond donors (Lipinski definition) is 2. The van der Waals surface area contributed by atoms with Crippen LogP contribution in [0.4, 0.5) is 30.8 Å². The quantitative estimate of drug-likeness (QED) is 0.0957. The summed E-state index contributed by atoms with van der Waals surface area (Å²) in [4.78, 5) is 26.7. The topological polar surface area (TPSA) is 157 Å². The van der Waals surface area contributed by atoms with Crippen molar-refractivity contribution in [3.8, 4) is 11.6 Å². The predicted molar refractivity (Wildman–Crippen MR) is 164 cm³/mol. The van der Waals surface area contributed by atoms with E-state index < -0.39 is 29.1 Å². The molecule has 3 aromatic rings. The fourth-order valence-electron chi connectivity index (χ4n) is 7.06. The first-order chi connectivity index (χ1) is 21.7. The van der Waals surface area contributed by atoms with Crippen molar-refractivity contribution in [1.82, 2.24) is 14.8 Å². The van der Waals surface area contributed by atoms with Crippen molar-refractivity contribution >= 4 is 23.3 Å². The van der Waals surface area contributed by atoms with Gasteiger partial charge in [-0.15, -0.1) is 0 Å². The van der Waals surface area contributed by atoms with E-state index in [9.17, 15) is 23.7 Å². The van der Waals surface area contributed by atoms with Gasteiger partial charge in [-0.3, -0.25) is 10.1 Å². The third-order valence-corrected chi connectivity index (χ3v) is 9.06. The van der Waals surface area contributed by atoms with Crippen LogP contribution in [0.3, 0.4) is 0 Å². The fourth-order valence-corrected chi connectivity index (χ4v) is 7.06. The molecule has 0 spiro atoms. The van der Waals surface area contributed by atoms with E-state index in [0.717, 1.165) is 31.4 Å². The number of nitrogens with zero attached hydrogens (tertiary/aromatic N) is 4. The number of rotatable bonds is 11. The Bertz CT molecular complexity index is 1600. The number of aromatic nitrogens is 3. The average Bonchev–Trinajstić information content (AvgIpc) is 3.58. The second kappa shape index (κ2) is 11.8. The smallest absolute Gasteiger partial charge is 0.478 e. The van der Waals surface area contributed by atoms with Gasteiger partial charge in [0.15, 0.2) is 0 Å². The van der Waals surface area contributed by atoms with Crippen LogP contribution in [-0.4, -0.2) is 44.1 Å². The van der Waals surface area contributed by atoms with Crippen LogP contribution in [0.1, 0.15) is 89.4 Å². The van der Waals surface area contributed by atoms with Crippen LogP contribution >= 0.6 is 0 Å². The van der Waals surface area contributed by atoms with E-state index in [4.69, 9.17) is 25.0 Å². The summed E-state index contributed by atoms with van der Waals surface area (Å²) in [7, 11) is 0. The largest absolute Gasteiger partial charge is 0.514 e. The van der Waals surface area contributed by atoms with E-state index in [1.54, 1.807) is 6.07 Å². The number of benzene rings is 1. The number of alkyl halides is 2. The predicted octanol–water partition coefficient (Wildman–Crippen LogP) is 7.12. The number of nitrogens with two attached hydrogens (primary N) is 1. The zero-order valence-electron chi connectivity index (χ0n) is 26.0. The van der Waals surface area contributed by atoms with Gasteiger partial charge in [0, 0.05) is 41.4 Å². The zero-order chi connectivity index (χ0) is 32.9. The summed E-state index contributed by atoms with van der Waals surface area (Å²) in [5, 5.41) is 19.0. The van der Waals surface area contributed by atoms with E-state index in [1.807, 2.05) is 31.5 Å². The number of nitro benzene ring substituents is 1. The second-order valence-electron chi connectivity index (χ2n) is 13.9. The summed E-state index contributed by atoms with van der Waals surface area (Å²) in [5.41, 5.74) is 6.63. The highest BCUT2D eigenvalue weighted by Crippen LogP contribution is 2.67. The number of anilines is 2. The van der Waals surface area contributed by atoms with Gasteiger partial charge < -0.3 is 25.3 Å². The monoisotopic (exact) mass is 640 g/mol. The molecule has 4 aliphatic rings. The Kier molecular flexibility index (Phi) is 8.11. The SMILES string of the molecule is CC(C)(C)n1nc([C@H]2CC[C@@H](OC(=O)Oc3ccc([N+](=O)[O-])cc3)C2)cc1Nc1cc(OCCC23CC(N)(C2)C3)nc(C(F)F)c1. The van der Waals surface area contributed by atoms with Crippen LogP contribution < -0.4 is 20.5 Å². The van der Waals surface area contributed by atoms with Gasteiger partial charge in [-0.25, -0.2) is 23.2 Å². The molecule has 0 radical (unpaired) electrons. The Morgan fingerprint density at radius 2 is 1.89 bits per heavy atom. The minimum Gasteiger partial charge on any atom is -0.478 e. The third-order valence-electron chi connectivity index (χ3n) is 9.06. The maximum atomic E-state index is 13.8. The molecule has 2 aromatic heterocycles. The number of nitro groups is 1. The molecule has 0 unspecified atom stereocenters. The Labute approximate surface area is 264 Å². The van der Waals surface area contributed by atoms with Crippen LogP contribution in [0.2, 0.25) is 0 Å². The maximum absolute atomic E-state index is 13.8. The van der Waals surface area contributed by atoms with E-state index in [1.165, 1.54) is 30.3 Å². The number of ether oxygens (including phenoxy) is 3. The molecule has 246 valence electrons. The molecule has 4 saturated carbocycles. The molecule has 0 aliphatic heterocycles. The molecule has 0 amide bonds. The van der Waals surface area contributed by atoms with Crippen LogP contribution in [0, 0.1) is 15.5 Å². The lowest BCUT2D eigenvalue weighted by Crippen LogP contribution is -2.72. The third kappa shape index (κ3) is 6.76. The van der Waals surface area contributed by atoms with E-state index >= 15 is 0 Å². The van der Waals surface area contributed by atoms with Gasteiger partial charge in [-0.1, -0.05) is 0 Å². The molecule has 7 rings (SSSR count). The Morgan fingerprint density at radius 1 is 1.17 bits per heavy atom. The average molecular weight is 641 g/mol. The van der Waals surface area contributed by atoms with Crippen LogP contribution in [0.15, 0.2) is 42.5 Å². The van der Waals surface area contributed by atoms with Gasteiger partial charge in [0.2, 0.25) is 5.88 Å². The van der Waals surface area contributed by atoms with Crippen molar-refractivity contribution < 1.29 is 32.7 Å². The number of carbonyl (C=O) groups excluding carboxylic acids is 1. The highest BCUT2D eigenvalue weighted by atomic mass is 19.3. The van der Waals surface area contributed by atoms with Crippen molar-refractivity contribution in [2.24, 2.45) is 11.1 Å². The van der Waals surface area contributed by atoms with E-state index in [-0.39, 0.29) is 39.9 Å². The van der Waals surface area contributed by atoms with Crippen molar-refractivity contribution in [3.05, 3.63) is 64.0 Å². The first kappa shape index (κ1) is 31.6. The Hall–Kier alpha value is -4.33. The summed E-state index contributed by atoms with van der Waals surface area (Å²) in [5.74, 6) is 0.874. The minimum atomic E-state index is -2.77. The molecular weight excluding hydrogens is 602 g/mol. The lowest BCUT2D eigenvalue weighted by Gasteiger charge is -2.69. The van der Waals surface area contributed by atoms with Crippen molar-refractivity contribution in [2.75, 3.05) is 11.9 Å². The summed E-state index contributed by atoms with van der Waals surface area (Å²) in [6, 6.07) is 9.98. The van der Waals surface area contributed by atoms with Gasteiger partial charge in [0.05, 0.1) is 22.8 Å². The molecule has 3 N–H and O–H groups in total. The highest BCUT2D eigenvalue weighted by molar-refractivity contribution is 5.64. The first-order valence-corrected chi connectivity index (χ1v) is 15.4. The van der Waals surface area contributed by atoms with Crippen molar-refractivity contribution in [3.63, 3.8) is 0 Å². The fraction of sp³-hybridized carbons (Fsp3) is 0.531. The highest BCUT2D eigenvalue weighted by Gasteiger charge is 2.65. The number of non-ortho nitro benzene ring substituents is 1. The molecule has 2 bridgehead atoms. The molecule has 2 heterocycles. The summed E-state index contributed by atoms with van der Waals surface area (Å²) < 4.78 is 46.0. The number of pyridine rings is 1. The maximum Gasteiger partial charge on any atom is 0.514 e. The standard InChI is InChI=1S/C32H38F2N6O6/c1-30(2,3)39-26(36-20-13-25(28(33)34)37-27(14-20)44-11-10-31-16-32(35,17-31)18-31)15-24(38-39)19-4-7-23(12-19)46-29(41)45-22-8-5-21(6-9-22)40(42)43/h5-6,8-9,13-15,19,23,28H,4,7,10-12,16-18,35H2,1-3H3,(H,36,37)/t19-,23+,31?,32?/m0/s1. The normalized spacial score (nSPS) is 25.0. The lowest BCUT2D eigenvalue weighted by atomic mass is 9.39. The number of halogens is 2. The molecule has 46 heavy (non-hydrogen) atoms. The summed E-state index contributed by atoms with van der Waals surface area (Å²) >= 11 is 0. The number of nitrogens with one attached hydrogen (secondary N) is 1. The summed E-state index contributed by atoms with van der Waals surface area (Å²) in [6.45, 7) is 6.36. The molecule has 2 atom stereocenters. The molecule has 1 aromatic carbocycles. The molecule has 14 heteroatoms.